The highest BCUT2D eigenvalue weighted by atomic mass is 35.5. The van der Waals surface area contributed by atoms with Gasteiger partial charge in [-0.05, 0) is 62.4 Å². The Morgan fingerprint density at radius 1 is 1.12 bits per heavy atom. The van der Waals surface area contributed by atoms with E-state index in [0.717, 1.165) is 12.1 Å². The molecule has 0 saturated heterocycles. The monoisotopic (exact) mass is 635 g/mol. The van der Waals surface area contributed by atoms with Crippen LogP contribution in [0.5, 0.6) is 0 Å². The summed E-state index contributed by atoms with van der Waals surface area (Å²) in [7, 11) is 0. The molecule has 0 aliphatic heterocycles. The first-order valence-electron chi connectivity index (χ1n) is 12.8. The predicted molar refractivity (Wildman–Crippen MR) is 142 cm³/mol. The molecule has 226 valence electrons. The summed E-state index contributed by atoms with van der Waals surface area (Å²) in [4.78, 5) is 26.0. The molecule has 1 fully saturated rings. The van der Waals surface area contributed by atoms with Gasteiger partial charge in [-0.3, -0.25) is 14.3 Å². The Kier molecular flexibility index (Phi) is 9.17. The van der Waals surface area contributed by atoms with Crippen molar-refractivity contribution in [3.05, 3.63) is 86.7 Å². The molecular weight excluding hydrogens is 611 g/mol. The minimum atomic E-state index is -5.08. The molecule has 1 heterocycles. The predicted octanol–water partition coefficient (Wildman–Crippen LogP) is 8.05. The maximum Gasteiger partial charge on any atom is 0.433 e. The van der Waals surface area contributed by atoms with Crippen molar-refractivity contribution in [2.75, 3.05) is 6.54 Å². The van der Waals surface area contributed by atoms with E-state index >= 15 is 4.39 Å². The van der Waals surface area contributed by atoms with E-state index in [4.69, 9.17) is 23.2 Å². The molecule has 14 heteroatoms. The lowest BCUT2D eigenvalue weighted by Crippen LogP contribution is -2.36. The van der Waals surface area contributed by atoms with Crippen molar-refractivity contribution in [2.45, 2.75) is 57.5 Å². The molecule has 1 aliphatic carbocycles. The van der Waals surface area contributed by atoms with Gasteiger partial charge in [0.25, 0.3) is 5.91 Å². The van der Waals surface area contributed by atoms with Crippen molar-refractivity contribution >= 4 is 35.1 Å². The summed E-state index contributed by atoms with van der Waals surface area (Å²) in [6, 6.07) is 5.60. The van der Waals surface area contributed by atoms with Crippen molar-refractivity contribution in [2.24, 2.45) is 5.41 Å². The Hall–Kier alpha value is -3.25. The van der Waals surface area contributed by atoms with E-state index in [1.54, 1.807) is 0 Å². The first-order valence-corrected chi connectivity index (χ1v) is 13.6. The van der Waals surface area contributed by atoms with Crippen LogP contribution in [0.4, 0.5) is 26.3 Å². The van der Waals surface area contributed by atoms with Gasteiger partial charge in [-0.25, -0.2) is 13.2 Å². The first kappa shape index (κ1) is 31.7. The number of rotatable bonds is 8. The number of carboxylic acid groups (broad SMARTS) is 1. The number of amides is 1. The summed E-state index contributed by atoms with van der Waals surface area (Å²) in [6.45, 7) is 0.00217. The largest absolute Gasteiger partial charge is 0.481 e. The third-order valence-corrected chi connectivity index (χ3v) is 8.15. The summed E-state index contributed by atoms with van der Waals surface area (Å²) < 4.78 is 87.4. The van der Waals surface area contributed by atoms with Gasteiger partial charge in [-0.15, -0.1) is 0 Å². The third-order valence-electron chi connectivity index (χ3n) is 7.49. The Labute approximate surface area is 246 Å². The molecule has 3 aromatic rings. The molecule has 0 unspecified atom stereocenters. The number of nitrogens with zero attached hydrogens (tertiary/aromatic N) is 3. The second-order valence-corrected chi connectivity index (χ2v) is 11.3. The zero-order chi connectivity index (χ0) is 31.0. The van der Waals surface area contributed by atoms with E-state index in [1.165, 1.54) is 25.1 Å². The van der Waals surface area contributed by atoms with Crippen LogP contribution in [-0.4, -0.2) is 38.2 Å². The van der Waals surface area contributed by atoms with Crippen LogP contribution in [0.15, 0.2) is 42.6 Å². The number of halogens is 8. The Balaban J connectivity index is 1.73. The SMILES string of the molecule is CC1(C(=O)O)CCC(n2ncc(C(=O)N(Cc3cc(F)cc(F)c3)C[C@H](F)c3c(Cl)cccc3Cl)c2C(F)(F)F)CC1. The molecule has 1 amide bonds. The van der Waals surface area contributed by atoms with E-state index in [0.29, 0.717) is 21.8 Å². The minimum absolute atomic E-state index is 0.0605. The second kappa shape index (κ2) is 12.2. The normalized spacial score (nSPS) is 19.9. The van der Waals surface area contributed by atoms with Crippen molar-refractivity contribution in [1.29, 1.82) is 0 Å². The molecule has 1 aliphatic rings. The Bertz CT molecular complexity index is 1450. The number of aliphatic carboxylic acids is 1. The van der Waals surface area contributed by atoms with Gasteiger partial charge in [0.15, 0.2) is 5.69 Å². The average Bonchev–Trinajstić information content (AvgIpc) is 3.33. The van der Waals surface area contributed by atoms with Gasteiger partial charge >= 0.3 is 12.1 Å². The lowest BCUT2D eigenvalue weighted by atomic mass is 9.74. The molecule has 1 atom stereocenters. The number of carboxylic acids is 1. The summed E-state index contributed by atoms with van der Waals surface area (Å²) in [5, 5.41) is 13.1. The molecular formula is C28H25Cl2F6N3O3. The molecule has 0 spiro atoms. The van der Waals surface area contributed by atoms with Gasteiger partial charge in [0.1, 0.15) is 17.8 Å². The number of carbonyl (C=O) groups is 2. The lowest BCUT2D eigenvalue weighted by Gasteiger charge is -2.34. The van der Waals surface area contributed by atoms with Crippen LogP contribution < -0.4 is 0 Å². The molecule has 1 aromatic heterocycles. The van der Waals surface area contributed by atoms with Gasteiger partial charge in [0, 0.05) is 28.2 Å². The van der Waals surface area contributed by atoms with E-state index in [2.05, 4.69) is 5.10 Å². The van der Waals surface area contributed by atoms with Gasteiger partial charge < -0.3 is 10.0 Å². The lowest BCUT2D eigenvalue weighted by molar-refractivity contribution is -0.152. The smallest absolute Gasteiger partial charge is 0.433 e. The van der Waals surface area contributed by atoms with Crippen LogP contribution in [0, 0.1) is 17.0 Å². The summed E-state index contributed by atoms with van der Waals surface area (Å²) in [5.41, 5.74) is -3.74. The highest BCUT2D eigenvalue weighted by molar-refractivity contribution is 6.36. The fraction of sp³-hybridized carbons (Fsp3) is 0.393. The van der Waals surface area contributed by atoms with Crippen LogP contribution >= 0.6 is 23.2 Å². The van der Waals surface area contributed by atoms with Crippen LogP contribution in [0.3, 0.4) is 0 Å². The maximum absolute atomic E-state index is 15.6. The topological polar surface area (TPSA) is 75.4 Å². The van der Waals surface area contributed by atoms with E-state index in [9.17, 15) is 36.6 Å². The molecule has 4 rings (SSSR count). The Morgan fingerprint density at radius 3 is 2.21 bits per heavy atom. The van der Waals surface area contributed by atoms with E-state index in [-0.39, 0.29) is 46.9 Å². The van der Waals surface area contributed by atoms with Crippen LogP contribution in [0.25, 0.3) is 0 Å². The van der Waals surface area contributed by atoms with Gasteiger partial charge in [0.05, 0.1) is 29.8 Å². The van der Waals surface area contributed by atoms with Crippen LogP contribution in [-0.2, 0) is 17.5 Å². The first-order chi connectivity index (χ1) is 19.6. The molecule has 2 aromatic carbocycles. The van der Waals surface area contributed by atoms with Crippen LogP contribution in [0.2, 0.25) is 10.0 Å². The van der Waals surface area contributed by atoms with E-state index in [1.807, 2.05) is 0 Å². The molecule has 1 saturated carbocycles. The average molecular weight is 636 g/mol. The van der Waals surface area contributed by atoms with Crippen molar-refractivity contribution in [1.82, 2.24) is 14.7 Å². The third kappa shape index (κ3) is 6.70. The summed E-state index contributed by atoms with van der Waals surface area (Å²) >= 11 is 12.2. The number of aromatic nitrogens is 2. The van der Waals surface area contributed by atoms with Crippen LogP contribution in [0.1, 0.15) is 72.0 Å². The zero-order valence-corrected chi connectivity index (χ0v) is 23.6. The molecule has 6 nitrogen and oxygen atoms in total. The standard InChI is InChI=1S/C28H25Cl2F6N3O3/c1-27(26(41)42)7-5-18(6-8-27)39-24(28(34,35)36)19(12-37-39)25(40)38(13-15-9-16(31)11-17(32)10-15)14-22(33)23-20(29)3-2-4-21(23)30/h2-4,9-12,18,22H,5-8,13-14H2,1H3,(H,41,42)/t18?,22-,27?/m0/s1. The summed E-state index contributed by atoms with van der Waals surface area (Å²) in [5.74, 6) is -4.36. The molecule has 0 bridgehead atoms. The van der Waals surface area contributed by atoms with Gasteiger partial charge in [0.2, 0.25) is 0 Å². The second-order valence-electron chi connectivity index (χ2n) is 10.5. The quantitative estimate of drug-likeness (QED) is 0.254. The minimum Gasteiger partial charge on any atom is -0.481 e. The summed E-state index contributed by atoms with van der Waals surface area (Å²) in [6.07, 6.45) is -6.14. The maximum atomic E-state index is 15.6. The van der Waals surface area contributed by atoms with E-state index < -0.39 is 71.7 Å². The Morgan fingerprint density at radius 2 is 1.69 bits per heavy atom. The number of benzene rings is 2. The molecule has 0 radical (unpaired) electrons. The molecule has 1 N–H and O–H groups in total. The number of alkyl halides is 4. The van der Waals surface area contributed by atoms with Crippen molar-refractivity contribution in [3.8, 4) is 0 Å². The number of hydrogen-bond acceptors (Lipinski definition) is 3. The van der Waals surface area contributed by atoms with Crippen molar-refractivity contribution < 1.29 is 41.0 Å². The number of carbonyl (C=O) groups excluding carboxylic acids is 1. The highest BCUT2D eigenvalue weighted by Crippen LogP contribution is 2.44. The fourth-order valence-electron chi connectivity index (χ4n) is 5.18. The number of hydrogen-bond donors (Lipinski definition) is 1. The zero-order valence-electron chi connectivity index (χ0n) is 22.1. The molecule has 42 heavy (non-hydrogen) atoms. The highest BCUT2D eigenvalue weighted by Gasteiger charge is 2.45. The fourth-order valence-corrected chi connectivity index (χ4v) is 5.82. The van der Waals surface area contributed by atoms with Crippen molar-refractivity contribution in [3.63, 3.8) is 0 Å². The van der Waals surface area contributed by atoms with Gasteiger partial charge in [-0.2, -0.15) is 18.3 Å². The van der Waals surface area contributed by atoms with Gasteiger partial charge in [-0.1, -0.05) is 29.3 Å².